The number of carbonyl (C=O) groups excluding carboxylic acids is 4. The lowest BCUT2D eigenvalue weighted by atomic mass is 9.83. The summed E-state index contributed by atoms with van der Waals surface area (Å²) >= 11 is 0. The molecular formula is C34H40N4O6. The molecular weight excluding hydrogens is 560 g/mol. The molecule has 10 heteroatoms. The van der Waals surface area contributed by atoms with Crippen LogP contribution in [0.4, 0.5) is 4.79 Å². The molecule has 1 aliphatic carbocycles. The molecule has 5 rings (SSSR count). The maximum Gasteiger partial charge on any atom is 0.408 e. The van der Waals surface area contributed by atoms with Crippen molar-refractivity contribution in [2.45, 2.75) is 70.4 Å². The van der Waals surface area contributed by atoms with E-state index in [2.05, 4.69) is 27.5 Å². The van der Waals surface area contributed by atoms with E-state index in [0.29, 0.717) is 6.42 Å². The molecule has 0 unspecified atom stereocenters. The summed E-state index contributed by atoms with van der Waals surface area (Å²) < 4.78 is 10.6. The number of H-pyrrole nitrogens is 1. The highest BCUT2D eigenvalue weighted by Gasteiger charge is 2.51. The Morgan fingerprint density at radius 2 is 1.86 bits per heavy atom. The number of carbonyl (C=O) groups is 4. The molecule has 2 aliphatic rings. The van der Waals surface area contributed by atoms with Crippen molar-refractivity contribution in [3.8, 4) is 0 Å². The normalized spacial score (nSPS) is 22.5. The maximum absolute atomic E-state index is 13.6. The number of aromatic amines is 1. The maximum atomic E-state index is 13.6. The molecule has 0 bridgehead atoms. The number of fused-ring (bicyclic) bond motifs is 1. The van der Waals surface area contributed by atoms with Crippen molar-refractivity contribution in [2.24, 2.45) is 17.8 Å². The fraction of sp³-hybridized carbons (Fsp3) is 0.412. The largest absolute Gasteiger partial charge is 0.451 e. The summed E-state index contributed by atoms with van der Waals surface area (Å²) in [6, 6.07) is 15.7. The van der Waals surface area contributed by atoms with E-state index in [4.69, 9.17) is 9.47 Å². The highest BCUT2D eigenvalue weighted by molar-refractivity contribution is 5.94. The van der Waals surface area contributed by atoms with Crippen LogP contribution >= 0.6 is 0 Å². The summed E-state index contributed by atoms with van der Waals surface area (Å²) in [6.45, 7) is 7.92. The van der Waals surface area contributed by atoms with Gasteiger partial charge in [-0.3, -0.25) is 14.4 Å². The monoisotopic (exact) mass is 600 g/mol. The Kier molecular flexibility index (Phi) is 9.67. The van der Waals surface area contributed by atoms with Crippen LogP contribution in [0.1, 0.15) is 44.2 Å². The van der Waals surface area contributed by atoms with Crippen LogP contribution < -0.4 is 16.0 Å². The standard InChI is InChI=1S/C34H40N4O6/c1-4-20(3)29-30(44-33(29)41)32(40)37-27-16-22(27)15-24(5-2)36-31(39)28(17-23-18-35-26-14-10-9-13-25(23)26)38-34(42)43-19-21-11-7-6-8-12-21/h5-14,18,20,22,24,27-30,35H,2,4,15-17,19H2,1,3H3,(H,36,39)(H,37,40)(H,38,42)/t20-,22+,24+,27-,28-,29-,30+/m0/s1. The Bertz CT molecular complexity index is 1500. The van der Waals surface area contributed by atoms with E-state index in [1.165, 1.54) is 0 Å². The van der Waals surface area contributed by atoms with Crippen molar-refractivity contribution < 1.29 is 28.7 Å². The summed E-state index contributed by atoms with van der Waals surface area (Å²) in [7, 11) is 0. The third-order valence-electron chi connectivity index (χ3n) is 8.70. The molecule has 0 spiro atoms. The minimum absolute atomic E-state index is 0.0631. The van der Waals surface area contributed by atoms with Crippen LogP contribution in [0, 0.1) is 17.8 Å². The summed E-state index contributed by atoms with van der Waals surface area (Å²) in [4.78, 5) is 54.3. The molecule has 1 aromatic heterocycles. The minimum Gasteiger partial charge on any atom is -0.451 e. The second-order valence-electron chi connectivity index (χ2n) is 11.8. The molecule has 1 saturated heterocycles. The molecule has 2 fully saturated rings. The van der Waals surface area contributed by atoms with Gasteiger partial charge in [-0.05, 0) is 41.9 Å². The molecule has 3 amide bonds. The number of nitrogens with one attached hydrogen (secondary N) is 4. The van der Waals surface area contributed by atoms with Crippen molar-refractivity contribution in [1.82, 2.24) is 20.9 Å². The van der Waals surface area contributed by atoms with Gasteiger partial charge in [0.15, 0.2) is 6.10 Å². The quantitative estimate of drug-likeness (QED) is 0.162. The number of esters is 1. The average Bonchev–Trinajstić information content (AvgIpc) is 3.62. The number of cyclic esters (lactones) is 1. The zero-order chi connectivity index (χ0) is 31.2. The van der Waals surface area contributed by atoms with Gasteiger partial charge in [0, 0.05) is 35.6 Å². The Hall–Kier alpha value is -4.60. The van der Waals surface area contributed by atoms with Crippen molar-refractivity contribution in [3.63, 3.8) is 0 Å². The first-order valence-corrected chi connectivity index (χ1v) is 15.2. The SMILES string of the molecule is C=C[C@H](C[C@@H]1C[C@@H]1NC(=O)[C@@H]1OC(=O)[C@H]1[C@@H](C)CC)NC(=O)[C@H](Cc1c[nH]c2ccccc12)NC(=O)OCc1ccccc1. The van der Waals surface area contributed by atoms with Crippen LogP contribution in [-0.4, -0.2) is 53.1 Å². The Labute approximate surface area is 256 Å². The highest BCUT2D eigenvalue weighted by atomic mass is 16.6. The molecule has 1 saturated carbocycles. The lowest BCUT2D eigenvalue weighted by Crippen LogP contribution is -2.56. The molecule has 0 radical (unpaired) electrons. The summed E-state index contributed by atoms with van der Waals surface area (Å²) in [5.74, 6) is -1.14. The van der Waals surface area contributed by atoms with Gasteiger partial charge >= 0.3 is 12.1 Å². The number of para-hydroxylation sites is 1. The van der Waals surface area contributed by atoms with E-state index in [-0.39, 0.29) is 54.7 Å². The number of hydrogen-bond acceptors (Lipinski definition) is 6. The zero-order valence-electron chi connectivity index (χ0n) is 25.1. The summed E-state index contributed by atoms with van der Waals surface area (Å²) in [6.07, 6.45) is 4.43. The topological polar surface area (TPSA) is 139 Å². The Morgan fingerprint density at radius 3 is 2.59 bits per heavy atom. The first-order valence-electron chi connectivity index (χ1n) is 15.2. The average molecular weight is 601 g/mol. The first kappa shape index (κ1) is 30.8. The van der Waals surface area contributed by atoms with Gasteiger partial charge in [0.1, 0.15) is 18.6 Å². The number of hydrogen-bond donors (Lipinski definition) is 4. The van der Waals surface area contributed by atoms with Gasteiger partial charge < -0.3 is 30.4 Å². The van der Waals surface area contributed by atoms with Gasteiger partial charge in [-0.2, -0.15) is 0 Å². The number of benzene rings is 2. The van der Waals surface area contributed by atoms with E-state index < -0.39 is 24.2 Å². The van der Waals surface area contributed by atoms with Crippen LogP contribution in [0.5, 0.6) is 0 Å². The van der Waals surface area contributed by atoms with Crippen molar-refractivity contribution in [3.05, 3.63) is 84.6 Å². The van der Waals surface area contributed by atoms with Crippen molar-refractivity contribution in [2.75, 3.05) is 0 Å². The van der Waals surface area contributed by atoms with Gasteiger partial charge in [-0.15, -0.1) is 6.58 Å². The van der Waals surface area contributed by atoms with Crippen molar-refractivity contribution in [1.29, 1.82) is 0 Å². The highest BCUT2D eigenvalue weighted by Crippen LogP contribution is 2.37. The molecule has 7 atom stereocenters. The lowest BCUT2D eigenvalue weighted by Gasteiger charge is -2.37. The number of alkyl carbamates (subject to hydrolysis) is 1. The number of amides is 3. The molecule has 3 aromatic rings. The fourth-order valence-electron chi connectivity index (χ4n) is 5.74. The Morgan fingerprint density at radius 1 is 1.11 bits per heavy atom. The van der Waals surface area contributed by atoms with E-state index >= 15 is 0 Å². The third kappa shape index (κ3) is 7.30. The molecule has 44 heavy (non-hydrogen) atoms. The predicted molar refractivity (Wildman–Crippen MR) is 165 cm³/mol. The lowest BCUT2D eigenvalue weighted by molar-refractivity contribution is -0.193. The third-order valence-corrected chi connectivity index (χ3v) is 8.70. The van der Waals surface area contributed by atoms with Crippen LogP contribution in [-0.2, 0) is 36.9 Å². The van der Waals surface area contributed by atoms with Crippen LogP contribution in [0.2, 0.25) is 0 Å². The number of aromatic nitrogens is 1. The van der Waals surface area contributed by atoms with Gasteiger partial charge in [0.25, 0.3) is 5.91 Å². The fourth-order valence-corrected chi connectivity index (χ4v) is 5.74. The molecule has 4 N–H and O–H groups in total. The van der Waals surface area contributed by atoms with Crippen molar-refractivity contribution >= 4 is 34.8 Å². The van der Waals surface area contributed by atoms with Crippen LogP contribution in [0.15, 0.2) is 73.4 Å². The van der Waals surface area contributed by atoms with E-state index in [1.54, 1.807) is 6.08 Å². The molecule has 232 valence electrons. The zero-order valence-corrected chi connectivity index (χ0v) is 25.1. The Balaban J connectivity index is 1.18. The predicted octanol–water partition coefficient (Wildman–Crippen LogP) is 4.16. The van der Waals surface area contributed by atoms with Crippen LogP contribution in [0.3, 0.4) is 0 Å². The minimum atomic E-state index is -0.902. The summed E-state index contributed by atoms with van der Waals surface area (Å²) in [5.41, 5.74) is 2.66. The van der Waals surface area contributed by atoms with Gasteiger partial charge in [0.2, 0.25) is 5.91 Å². The van der Waals surface area contributed by atoms with Gasteiger partial charge in [0.05, 0.1) is 0 Å². The van der Waals surface area contributed by atoms with E-state index in [0.717, 1.165) is 34.9 Å². The molecule has 1 aliphatic heterocycles. The molecule has 2 heterocycles. The van der Waals surface area contributed by atoms with E-state index in [1.807, 2.05) is 74.6 Å². The molecule has 2 aromatic carbocycles. The number of rotatable bonds is 14. The summed E-state index contributed by atoms with van der Waals surface area (Å²) in [5, 5.41) is 9.73. The second kappa shape index (κ2) is 13.8. The van der Waals surface area contributed by atoms with Crippen LogP contribution in [0.25, 0.3) is 10.9 Å². The van der Waals surface area contributed by atoms with Gasteiger partial charge in [-0.1, -0.05) is 74.9 Å². The van der Waals surface area contributed by atoms with Gasteiger partial charge in [-0.25, -0.2) is 4.79 Å². The molecule has 10 nitrogen and oxygen atoms in total. The first-order chi connectivity index (χ1) is 21.3. The second-order valence-corrected chi connectivity index (χ2v) is 11.8. The van der Waals surface area contributed by atoms with E-state index in [9.17, 15) is 19.2 Å². The smallest absolute Gasteiger partial charge is 0.408 e. The number of ether oxygens (including phenoxy) is 2.